The van der Waals surface area contributed by atoms with Crippen molar-refractivity contribution in [1.29, 1.82) is 0 Å². The van der Waals surface area contributed by atoms with E-state index in [9.17, 15) is 9.18 Å². The smallest absolute Gasteiger partial charge is 0.250 e. The molecular weight excluding hydrogens is 255 g/mol. The molecule has 0 aliphatic heterocycles. The molecule has 0 radical (unpaired) electrons. The largest absolute Gasteiger partial charge is 0.366 e. The number of benzene rings is 1. The first-order valence-electron chi connectivity index (χ1n) is 6.62. The normalized spacial score (nSPS) is 17.0. The second kappa shape index (κ2) is 4.71. The Hall–Kier alpha value is -2.23. The number of nitrogens with zero attached hydrogens (tertiary/aromatic N) is 1. The van der Waals surface area contributed by atoms with Crippen molar-refractivity contribution < 1.29 is 9.18 Å². The summed E-state index contributed by atoms with van der Waals surface area (Å²) in [6.45, 7) is 1.77. The molecule has 3 rings (SSSR count). The maximum atomic E-state index is 13.4. The second-order valence-corrected chi connectivity index (χ2v) is 5.17. The van der Waals surface area contributed by atoms with Gasteiger partial charge in [0.1, 0.15) is 5.82 Å². The van der Waals surface area contributed by atoms with E-state index < -0.39 is 5.91 Å². The van der Waals surface area contributed by atoms with Crippen LogP contribution in [0.5, 0.6) is 0 Å². The average molecular weight is 270 g/mol. The van der Waals surface area contributed by atoms with Gasteiger partial charge in [0, 0.05) is 11.6 Å². The molecule has 1 heterocycles. The van der Waals surface area contributed by atoms with Gasteiger partial charge in [-0.25, -0.2) is 4.39 Å². The molecular formula is C16H15FN2O. The first-order valence-corrected chi connectivity index (χ1v) is 6.62. The van der Waals surface area contributed by atoms with E-state index in [0.717, 1.165) is 24.1 Å². The van der Waals surface area contributed by atoms with Gasteiger partial charge in [0.25, 0.3) is 5.91 Å². The topological polar surface area (TPSA) is 56.0 Å². The summed E-state index contributed by atoms with van der Waals surface area (Å²) in [6, 6.07) is 8.45. The Labute approximate surface area is 116 Å². The zero-order chi connectivity index (χ0) is 14.3. The number of amides is 1. The highest BCUT2D eigenvalue weighted by Gasteiger charge is 2.26. The number of hydrogen-bond acceptors (Lipinski definition) is 2. The lowest BCUT2D eigenvalue weighted by Gasteiger charge is -2.13. The number of nitrogens with two attached hydrogens (primary N) is 1. The van der Waals surface area contributed by atoms with E-state index in [1.54, 1.807) is 19.1 Å². The monoisotopic (exact) mass is 270 g/mol. The van der Waals surface area contributed by atoms with Gasteiger partial charge in [0.05, 0.1) is 11.3 Å². The Balaban J connectivity index is 2.02. The van der Waals surface area contributed by atoms with Gasteiger partial charge in [-0.05, 0) is 55.2 Å². The lowest BCUT2D eigenvalue weighted by molar-refractivity contribution is 0.0999. The van der Waals surface area contributed by atoms with Crippen LogP contribution in [0.2, 0.25) is 0 Å². The minimum atomic E-state index is -0.473. The first-order chi connectivity index (χ1) is 9.56. The minimum absolute atomic E-state index is 0.0985. The lowest BCUT2D eigenvalue weighted by Crippen LogP contribution is -2.14. The van der Waals surface area contributed by atoms with Crippen LogP contribution in [0, 0.1) is 12.7 Å². The zero-order valence-corrected chi connectivity index (χ0v) is 11.2. The van der Waals surface area contributed by atoms with Crippen LogP contribution in [0.25, 0.3) is 0 Å². The Bertz CT molecular complexity index is 697. The van der Waals surface area contributed by atoms with Crippen LogP contribution in [0.1, 0.15) is 45.2 Å². The summed E-state index contributed by atoms with van der Waals surface area (Å²) in [5.41, 5.74) is 9.40. The van der Waals surface area contributed by atoms with Crippen molar-refractivity contribution in [2.75, 3.05) is 0 Å². The fourth-order valence-corrected chi connectivity index (χ4v) is 2.92. The third kappa shape index (κ3) is 2.07. The molecule has 2 N–H and O–H groups in total. The molecule has 1 aromatic carbocycles. The quantitative estimate of drug-likeness (QED) is 0.912. The molecule has 0 saturated heterocycles. The summed E-state index contributed by atoms with van der Waals surface area (Å²) in [5.74, 6) is -0.595. The molecule has 3 nitrogen and oxygen atoms in total. The van der Waals surface area contributed by atoms with E-state index in [2.05, 4.69) is 4.98 Å². The summed E-state index contributed by atoms with van der Waals surface area (Å²) in [6.07, 6.45) is 1.85. The number of carbonyl (C=O) groups is 1. The maximum absolute atomic E-state index is 13.4. The molecule has 1 aliphatic carbocycles. The van der Waals surface area contributed by atoms with Crippen LogP contribution < -0.4 is 5.73 Å². The summed E-state index contributed by atoms with van der Waals surface area (Å²) in [5, 5.41) is 0. The molecule has 102 valence electrons. The van der Waals surface area contributed by atoms with Gasteiger partial charge in [0.15, 0.2) is 0 Å². The molecule has 0 spiro atoms. The van der Waals surface area contributed by atoms with E-state index in [1.807, 2.05) is 12.1 Å². The van der Waals surface area contributed by atoms with E-state index in [-0.39, 0.29) is 11.7 Å². The van der Waals surface area contributed by atoms with E-state index in [0.29, 0.717) is 11.3 Å². The maximum Gasteiger partial charge on any atom is 0.250 e. The number of fused-ring (bicyclic) bond motifs is 1. The molecule has 1 aromatic heterocycles. The van der Waals surface area contributed by atoms with Gasteiger partial charge in [-0.15, -0.1) is 0 Å². The second-order valence-electron chi connectivity index (χ2n) is 5.17. The van der Waals surface area contributed by atoms with E-state index in [4.69, 9.17) is 5.73 Å². The molecule has 20 heavy (non-hydrogen) atoms. The molecule has 0 unspecified atom stereocenters. The zero-order valence-electron chi connectivity index (χ0n) is 11.2. The molecule has 1 atom stereocenters. The number of hydrogen-bond donors (Lipinski definition) is 1. The van der Waals surface area contributed by atoms with Crippen molar-refractivity contribution in [2.24, 2.45) is 5.73 Å². The number of aryl methyl sites for hydroxylation is 2. The Morgan fingerprint density at radius 1 is 1.35 bits per heavy atom. The summed E-state index contributed by atoms with van der Waals surface area (Å²) in [4.78, 5) is 15.7. The van der Waals surface area contributed by atoms with E-state index >= 15 is 0 Å². The lowest BCUT2D eigenvalue weighted by atomic mass is 9.96. The van der Waals surface area contributed by atoms with Gasteiger partial charge in [-0.2, -0.15) is 0 Å². The van der Waals surface area contributed by atoms with Crippen molar-refractivity contribution in [3.8, 4) is 0 Å². The standard InChI is InChI=1S/C16H15FN2O/c1-9-12(16(18)20)6-7-15(19-9)13-5-3-10-2-4-11(17)8-14(10)13/h2,4,6-8,13H,3,5H2,1H3,(H2,18,20)/t13-/m1/s1. The fraction of sp³-hybridized carbons (Fsp3) is 0.250. The van der Waals surface area contributed by atoms with Gasteiger partial charge < -0.3 is 5.73 Å². The molecule has 0 bridgehead atoms. The van der Waals surface area contributed by atoms with Crippen LogP contribution in [0.3, 0.4) is 0 Å². The first kappa shape index (κ1) is 12.8. The number of rotatable bonds is 2. The minimum Gasteiger partial charge on any atom is -0.366 e. The Morgan fingerprint density at radius 3 is 2.85 bits per heavy atom. The average Bonchev–Trinajstić information content (AvgIpc) is 2.81. The van der Waals surface area contributed by atoms with Crippen LogP contribution in [-0.2, 0) is 6.42 Å². The Kier molecular flexibility index (Phi) is 3.01. The number of primary amides is 1. The van der Waals surface area contributed by atoms with Crippen molar-refractivity contribution in [1.82, 2.24) is 4.98 Å². The number of pyridine rings is 1. The predicted octanol–water partition coefficient (Wildman–Crippen LogP) is 2.71. The van der Waals surface area contributed by atoms with Crippen molar-refractivity contribution >= 4 is 5.91 Å². The fourth-order valence-electron chi connectivity index (χ4n) is 2.92. The van der Waals surface area contributed by atoms with Crippen LogP contribution >= 0.6 is 0 Å². The van der Waals surface area contributed by atoms with Crippen LogP contribution in [0.4, 0.5) is 4.39 Å². The number of carbonyl (C=O) groups excluding carboxylic acids is 1. The van der Waals surface area contributed by atoms with Gasteiger partial charge in [-0.3, -0.25) is 9.78 Å². The summed E-state index contributed by atoms with van der Waals surface area (Å²) >= 11 is 0. The summed E-state index contributed by atoms with van der Waals surface area (Å²) in [7, 11) is 0. The van der Waals surface area contributed by atoms with Crippen molar-refractivity contribution in [3.05, 3.63) is 64.2 Å². The highest BCUT2D eigenvalue weighted by atomic mass is 19.1. The molecule has 4 heteroatoms. The van der Waals surface area contributed by atoms with E-state index in [1.165, 1.54) is 11.6 Å². The van der Waals surface area contributed by atoms with Crippen LogP contribution in [-0.4, -0.2) is 10.9 Å². The SMILES string of the molecule is Cc1nc([C@@H]2CCc3ccc(F)cc32)ccc1C(N)=O. The molecule has 1 aliphatic rings. The van der Waals surface area contributed by atoms with Crippen LogP contribution in [0.15, 0.2) is 30.3 Å². The number of halogens is 1. The van der Waals surface area contributed by atoms with Gasteiger partial charge in [-0.1, -0.05) is 6.07 Å². The Morgan fingerprint density at radius 2 is 2.15 bits per heavy atom. The van der Waals surface area contributed by atoms with Crippen molar-refractivity contribution in [3.63, 3.8) is 0 Å². The third-order valence-corrected chi connectivity index (χ3v) is 3.92. The van der Waals surface area contributed by atoms with Crippen molar-refractivity contribution in [2.45, 2.75) is 25.7 Å². The van der Waals surface area contributed by atoms with Gasteiger partial charge in [0.2, 0.25) is 0 Å². The van der Waals surface area contributed by atoms with Gasteiger partial charge >= 0.3 is 0 Å². The highest BCUT2D eigenvalue weighted by molar-refractivity contribution is 5.93. The number of aromatic nitrogens is 1. The molecule has 1 amide bonds. The third-order valence-electron chi connectivity index (χ3n) is 3.92. The molecule has 0 fully saturated rings. The summed E-state index contributed by atoms with van der Waals surface area (Å²) < 4.78 is 13.4. The molecule has 2 aromatic rings. The predicted molar refractivity (Wildman–Crippen MR) is 74.1 cm³/mol. The molecule has 0 saturated carbocycles. The highest BCUT2D eigenvalue weighted by Crippen LogP contribution is 2.37.